The van der Waals surface area contributed by atoms with Crippen molar-refractivity contribution in [3.8, 4) is 5.75 Å². The third-order valence-corrected chi connectivity index (χ3v) is 8.14. The number of amides is 1. The van der Waals surface area contributed by atoms with Crippen LogP contribution in [0.15, 0.2) is 23.1 Å². The number of ether oxygens (including phenoxy) is 1. The van der Waals surface area contributed by atoms with Gasteiger partial charge in [0, 0.05) is 31.7 Å². The molecule has 2 N–H and O–H groups in total. The molecule has 2 rings (SSSR count). The number of hydrogen-bond donors (Lipinski definition) is 2. The highest BCUT2D eigenvalue weighted by atomic mass is 32.2. The van der Waals surface area contributed by atoms with Crippen molar-refractivity contribution in [2.45, 2.75) is 51.2 Å². The molecule has 0 spiro atoms. The van der Waals surface area contributed by atoms with E-state index in [9.17, 15) is 26.7 Å². The molecule has 32 heavy (non-hydrogen) atoms. The number of sulfone groups is 1. The summed E-state index contributed by atoms with van der Waals surface area (Å²) in [6, 6.07) is 3.97. The summed E-state index contributed by atoms with van der Waals surface area (Å²) in [6.45, 7) is 7.30. The summed E-state index contributed by atoms with van der Waals surface area (Å²) >= 11 is 0. The van der Waals surface area contributed by atoms with Crippen LogP contribution in [0.4, 0.5) is 0 Å². The average Bonchev–Trinajstić information content (AvgIpc) is 3.13. The lowest BCUT2D eigenvalue weighted by Gasteiger charge is -2.29. The highest BCUT2D eigenvalue weighted by Crippen LogP contribution is 2.29. The van der Waals surface area contributed by atoms with Gasteiger partial charge in [-0.2, -0.15) is 4.31 Å². The van der Waals surface area contributed by atoms with E-state index < -0.39 is 43.8 Å². The van der Waals surface area contributed by atoms with E-state index in [2.05, 4.69) is 5.32 Å². The number of hydrogen-bond acceptors (Lipinski definition) is 7. The van der Waals surface area contributed by atoms with Crippen LogP contribution >= 0.6 is 0 Å². The number of carbonyl (C=O) groups is 1. The largest absolute Gasteiger partial charge is 0.493 e. The van der Waals surface area contributed by atoms with Crippen molar-refractivity contribution in [3.05, 3.63) is 23.8 Å². The van der Waals surface area contributed by atoms with Crippen molar-refractivity contribution in [2.24, 2.45) is 11.8 Å². The van der Waals surface area contributed by atoms with E-state index in [-0.39, 0.29) is 29.7 Å². The van der Waals surface area contributed by atoms with Crippen LogP contribution in [0.25, 0.3) is 0 Å². The van der Waals surface area contributed by atoms with Gasteiger partial charge >= 0.3 is 0 Å². The predicted octanol–water partition coefficient (Wildman–Crippen LogP) is 0.815. The van der Waals surface area contributed by atoms with E-state index in [4.69, 9.17) is 4.74 Å². The molecule has 1 aromatic carbocycles. The number of rotatable bonds is 11. The second-order valence-electron chi connectivity index (χ2n) is 8.94. The zero-order valence-corrected chi connectivity index (χ0v) is 20.9. The Morgan fingerprint density at radius 3 is 2.41 bits per heavy atom. The fraction of sp³-hybridized carbons (Fsp3) is 0.667. The van der Waals surface area contributed by atoms with Gasteiger partial charge in [0.25, 0.3) is 0 Å². The molecule has 1 aliphatic rings. The highest BCUT2D eigenvalue weighted by Gasteiger charge is 2.31. The molecule has 9 nitrogen and oxygen atoms in total. The van der Waals surface area contributed by atoms with E-state index >= 15 is 0 Å². The summed E-state index contributed by atoms with van der Waals surface area (Å²) in [5, 5.41) is 13.3. The molecular weight excluding hydrogens is 456 g/mol. The Morgan fingerprint density at radius 2 is 1.81 bits per heavy atom. The van der Waals surface area contributed by atoms with Crippen molar-refractivity contribution >= 4 is 25.8 Å². The number of aliphatic hydroxyl groups excluding tert-OH is 1. The molecule has 0 saturated heterocycles. The van der Waals surface area contributed by atoms with Gasteiger partial charge < -0.3 is 15.2 Å². The highest BCUT2D eigenvalue weighted by molar-refractivity contribution is 7.90. The van der Waals surface area contributed by atoms with Crippen molar-refractivity contribution in [1.82, 2.24) is 9.62 Å². The van der Waals surface area contributed by atoms with Crippen molar-refractivity contribution in [1.29, 1.82) is 0 Å². The molecule has 182 valence electrons. The van der Waals surface area contributed by atoms with E-state index in [1.54, 1.807) is 19.1 Å². The Hall–Kier alpha value is -1.69. The average molecular weight is 491 g/mol. The zero-order chi connectivity index (χ0) is 24.3. The summed E-state index contributed by atoms with van der Waals surface area (Å²) in [5.74, 6) is -0.923. The third-order valence-electron chi connectivity index (χ3n) is 5.21. The molecule has 0 radical (unpaired) electrons. The number of nitrogens with one attached hydrogen (secondary N) is 1. The maximum Gasteiger partial charge on any atom is 0.243 e. The van der Waals surface area contributed by atoms with Crippen LogP contribution in [-0.2, 0) is 31.1 Å². The number of benzene rings is 1. The Labute approximate surface area is 191 Å². The first-order valence-corrected chi connectivity index (χ1v) is 14.1. The number of fused-ring (bicyclic) bond motifs is 1. The SMILES string of the molecule is CC(C)CN(CC(O)C(C)NC(=O)C(C)CS(C)(=O)=O)S(=O)(=O)c1ccc2c(c1)CCO2. The quantitative estimate of drug-likeness (QED) is 0.469. The minimum Gasteiger partial charge on any atom is -0.493 e. The smallest absolute Gasteiger partial charge is 0.243 e. The first kappa shape index (κ1) is 26.6. The topological polar surface area (TPSA) is 130 Å². The Bertz CT molecular complexity index is 1020. The van der Waals surface area contributed by atoms with Crippen molar-refractivity contribution < 1.29 is 31.5 Å². The summed E-state index contributed by atoms with van der Waals surface area (Å²) in [7, 11) is -7.22. The van der Waals surface area contributed by atoms with Gasteiger partial charge in [-0.25, -0.2) is 16.8 Å². The van der Waals surface area contributed by atoms with Crippen LogP contribution in [0.2, 0.25) is 0 Å². The monoisotopic (exact) mass is 490 g/mol. The molecule has 1 aromatic rings. The summed E-state index contributed by atoms with van der Waals surface area (Å²) in [5.41, 5.74) is 0.830. The summed E-state index contributed by atoms with van der Waals surface area (Å²) in [4.78, 5) is 12.4. The first-order valence-electron chi connectivity index (χ1n) is 10.6. The lowest BCUT2D eigenvalue weighted by molar-refractivity contribution is -0.125. The predicted molar refractivity (Wildman–Crippen MR) is 122 cm³/mol. The Morgan fingerprint density at radius 1 is 1.16 bits per heavy atom. The maximum absolute atomic E-state index is 13.3. The van der Waals surface area contributed by atoms with Gasteiger partial charge in [-0.3, -0.25) is 4.79 Å². The molecule has 0 aromatic heterocycles. The normalized spacial score (nSPS) is 17.0. The van der Waals surface area contributed by atoms with Crippen LogP contribution in [-0.4, -0.2) is 76.0 Å². The molecule has 11 heteroatoms. The Balaban J connectivity index is 2.14. The first-order chi connectivity index (χ1) is 14.7. The number of nitrogens with zero attached hydrogens (tertiary/aromatic N) is 1. The summed E-state index contributed by atoms with van der Waals surface area (Å²) in [6.07, 6.45) is 0.505. The lowest BCUT2D eigenvalue weighted by Crippen LogP contribution is -2.50. The standard InChI is InChI=1S/C21H34N2O7S2/c1-14(2)11-23(32(28,29)18-6-7-20-17(10-18)8-9-30-20)12-19(24)16(4)22-21(25)15(3)13-31(5,26)27/h6-7,10,14-16,19,24H,8-9,11-13H2,1-5H3,(H,22,25). The van der Waals surface area contributed by atoms with Crippen LogP contribution in [0, 0.1) is 11.8 Å². The molecule has 3 atom stereocenters. The Kier molecular flexibility index (Phi) is 8.71. The molecule has 0 bridgehead atoms. The van der Waals surface area contributed by atoms with Crippen LogP contribution in [0.1, 0.15) is 33.3 Å². The van der Waals surface area contributed by atoms with Crippen LogP contribution in [0.5, 0.6) is 5.75 Å². The minimum atomic E-state index is -3.89. The van der Waals surface area contributed by atoms with Gasteiger partial charge in [-0.15, -0.1) is 0 Å². The molecular formula is C21H34N2O7S2. The maximum atomic E-state index is 13.3. The summed E-state index contributed by atoms with van der Waals surface area (Å²) < 4.78 is 56.2. The van der Waals surface area contributed by atoms with E-state index in [0.29, 0.717) is 18.8 Å². The second kappa shape index (κ2) is 10.5. The van der Waals surface area contributed by atoms with Crippen molar-refractivity contribution in [3.63, 3.8) is 0 Å². The van der Waals surface area contributed by atoms with Gasteiger partial charge in [0.05, 0.1) is 29.4 Å². The minimum absolute atomic E-state index is 0.00872. The van der Waals surface area contributed by atoms with E-state index in [0.717, 1.165) is 11.8 Å². The molecule has 1 heterocycles. The van der Waals surface area contributed by atoms with Gasteiger partial charge in [0.1, 0.15) is 15.6 Å². The number of carbonyl (C=O) groups excluding carboxylic acids is 1. The van der Waals surface area contributed by atoms with Gasteiger partial charge in [0.2, 0.25) is 15.9 Å². The molecule has 1 aliphatic heterocycles. The molecule has 0 saturated carbocycles. The molecule has 0 fully saturated rings. The zero-order valence-electron chi connectivity index (χ0n) is 19.2. The van der Waals surface area contributed by atoms with Crippen molar-refractivity contribution in [2.75, 3.05) is 31.7 Å². The molecule has 0 aliphatic carbocycles. The van der Waals surface area contributed by atoms with Gasteiger partial charge in [0.15, 0.2) is 0 Å². The third kappa shape index (κ3) is 7.16. The van der Waals surface area contributed by atoms with E-state index in [1.807, 2.05) is 13.8 Å². The second-order valence-corrected chi connectivity index (χ2v) is 13.1. The van der Waals surface area contributed by atoms with Crippen LogP contribution < -0.4 is 10.1 Å². The van der Waals surface area contributed by atoms with Gasteiger partial charge in [-0.05, 0) is 36.6 Å². The molecule has 3 unspecified atom stereocenters. The van der Waals surface area contributed by atoms with E-state index in [1.165, 1.54) is 17.3 Å². The van der Waals surface area contributed by atoms with Gasteiger partial charge in [-0.1, -0.05) is 20.8 Å². The number of aliphatic hydroxyl groups is 1. The fourth-order valence-corrected chi connectivity index (χ4v) is 6.24. The molecule has 1 amide bonds. The number of sulfonamides is 1. The fourth-order valence-electron chi connectivity index (χ4n) is 3.51. The van der Waals surface area contributed by atoms with Crippen LogP contribution in [0.3, 0.4) is 0 Å². The lowest BCUT2D eigenvalue weighted by atomic mass is 10.1.